The molecule has 1 aliphatic heterocycles. The summed E-state index contributed by atoms with van der Waals surface area (Å²) in [5.41, 5.74) is 0.941. The van der Waals surface area contributed by atoms with Gasteiger partial charge in [-0.05, 0) is 57.4 Å². The van der Waals surface area contributed by atoms with Gasteiger partial charge in [-0.25, -0.2) is 4.79 Å². The fourth-order valence-electron chi connectivity index (χ4n) is 5.11. The fraction of sp³-hybridized carbons (Fsp3) is 0.457. The van der Waals surface area contributed by atoms with Gasteiger partial charge in [-0.1, -0.05) is 69.3 Å². The standard InChI is InChI=1S/C35H47N3O6/c1-9-20-37(23-25-15-13-12-14-16-25)33(40)30(24(4)10-2)36-32(39)31-29(19-21-38(31)34(41)44-35(5,6)7)43-27-17-18-28(42-8)26(11-3)22-27/h9,11-18,20,22,24,29-31H,3,10,19,21,23H2,1-2,4-8H3,(H,36,39)/b20-9+/t24-,29-,30-,31-/m0/s1. The van der Waals surface area contributed by atoms with E-state index in [1.54, 1.807) is 69.3 Å². The molecular formula is C35H47N3O6. The molecule has 0 aliphatic carbocycles. The Bertz CT molecular complexity index is 1320. The molecule has 2 aromatic carbocycles. The molecule has 3 rings (SSSR count). The number of hydrogen-bond acceptors (Lipinski definition) is 6. The van der Waals surface area contributed by atoms with E-state index in [1.807, 2.05) is 51.1 Å². The second-order valence-electron chi connectivity index (χ2n) is 12.0. The predicted octanol–water partition coefficient (Wildman–Crippen LogP) is 6.19. The Morgan fingerprint density at radius 2 is 1.86 bits per heavy atom. The SMILES string of the molecule is C=Cc1cc(O[C@H]2CCN(C(=O)OC(C)(C)C)[C@@H]2C(=O)N[C@H](C(=O)N(/C=C/C)Cc2ccccc2)[C@@H](C)CC)ccc1OC. The molecule has 0 saturated carbocycles. The first-order chi connectivity index (χ1) is 20.9. The summed E-state index contributed by atoms with van der Waals surface area (Å²) >= 11 is 0. The predicted molar refractivity (Wildman–Crippen MR) is 172 cm³/mol. The number of methoxy groups -OCH3 is 1. The molecule has 238 valence electrons. The molecule has 0 spiro atoms. The summed E-state index contributed by atoms with van der Waals surface area (Å²) in [4.78, 5) is 44.5. The van der Waals surface area contributed by atoms with Gasteiger partial charge in [-0.15, -0.1) is 0 Å². The molecule has 1 heterocycles. The van der Waals surface area contributed by atoms with Gasteiger partial charge in [0, 0.05) is 24.7 Å². The molecule has 1 N–H and O–H groups in total. The van der Waals surface area contributed by atoms with E-state index in [-0.39, 0.29) is 18.4 Å². The molecule has 0 radical (unpaired) electrons. The maximum absolute atomic E-state index is 14.2. The molecule has 4 atom stereocenters. The van der Waals surface area contributed by atoms with E-state index in [1.165, 1.54) is 4.90 Å². The molecule has 0 unspecified atom stereocenters. The minimum atomic E-state index is -1.03. The highest BCUT2D eigenvalue weighted by Gasteiger charge is 2.46. The van der Waals surface area contributed by atoms with E-state index in [2.05, 4.69) is 11.9 Å². The van der Waals surface area contributed by atoms with Crippen molar-refractivity contribution in [2.75, 3.05) is 13.7 Å². The Balaban J connectivity index is 1.93. The first-order valence-electron chi connectivity index (χ1n) is 15.2. The molecule has 1 aliphatic rings. The number of hydrogen-bond donors (Lipinski definition) is 1. The smallest absolute Gasteiger partial charge is 0.411 e. The third-order valence-electron chi connectivity index (χ3n) is 7.53. The van der Waals surface area contributed by atoms with Gasteiger partial charge < -0.3 is 24.4 Å². The van der Waals surface area contributed by atoms with Crippen LogP contribution in [0.15, 0.2) is 67.4 Å². The van der Waals surface area contributed by atoms with Crippen LogP contribution in [-0.2, 0) is 20.9 Å². The summed E-state index contributed by atoms with van der Waals surface area (Å²) in [6, 6.07) is 13.1. The number of nitrogens with zero attached hydrogens (tertiary/aromatic N) is 2. The lowest BCUT2D eigenvalue weighted by atomic mass is 9.96. The van der Waals surface area contributed by atoms with Crippen LogP contribution >= 0.6 is 0 Å². The maximum Gasteiger partial charge on any atom is 0.411 e. The summed E-state index contributed by atoms with van der Waals surface area (Å²) in [6.45, 7) is 15.5. The van der Waals surface area contributed by atoms with Gasteiger partial charge in [-0.2, -0.15) is 0 Å². The monoisotopic (exact) mass is 605 g/mol. The Labute approximate surface area is 261 Å². The first kappa shape index (κ1) is 34.2. The van der Waals surface area contributed by atoms with Crippen molar-refractivity contribution >= 4 is 24.0 Å². The van der Waals surface area contributed by atoms with Crippen LogP contribution < -0.4 is 14.8 Å². The number of allylic oxidation sites excluding steroid dienone is 1. The number of carbonyl (C=O) groups excluding carboxylic acids is 3. The number of rotatable bonds is 12. The van der Waals surface area contributed by atoms with E-state index in [0.29, 0.717) is 30.9 Å². The van der Waals surface area contributed by atoms with Gasteiger partial charge in [0.05, 0.1) is 13.7 Å². The van der Waals surface area contributed by atoms with E-state index >= 15 is 0 Å². The van der Waals surface area contributed by atoms with Crippen LogP contribution in [0.3, 0.4) is 0 Å². The topological polar surface area (TPSA) is 97.4 Å². The van der Waals surface area contributed by atoms with Crippen molar-refractivity contribution in [3.05, 3.63) is 78.5 Å². The third-order valence-corrected chi connectivity index (χ3v) is 7.53. The highest BCUT2D eigenvalue weighted by Crippen LogP contribution is 2.30. The quantitative estimate of drug-likeness (QED) is 0.310. The summed E-state index contributed by atoms with van der Waals surface area (Å²) < 4.78 is 17.4. The van der Waals surface area contributed by atoms with Crippen LogP contribution in [-0.4, -0.2) is 65.2 Å². The van der Waals surface area contributed by atoms with Gasteiger partial charge in [0.1, 0.15) is 29.2 Å². The van der Waals surface area contributed by atoms with Gasteiger partial charge in [0.25, 0.3) is 0 Å². The van der Waals surface area contributed by atoms with Crippen LogP contribution in [0, 0.1) is 5.92 Å². The Hall–Kier alpha value is -4.27. The fourth-order valence-corrected chi connectivity index (χ4v) is 5.11. The van der Waals surface area contributed by atoms with Gasteiger partial charge in [-0.3, -0.25) is 14.5 Å². The van der Waals surface area contributed by atoms with E-state index < -0.39 is 35.8 Å². The molecule has 9 heteroatoms. The molecule has 1 fully saturated rings. The average molecular weight is 606 g/mol. The molecular weight excluding hydrogens is 558 g/mol. The average Bonchev–Trinajstić information content (AvgIpc) is 3.42. The second-order valence-corrected chi connectivity index (χ2v) is 12.0. The summed E-state index contributed by atoms with van der Waals surface area (Å²) in [5.74, 6) is 0.252. The summed E-state index contributed by atoms with van der Waals surface area (Å²) in [7, 11) is 1.57. The van der Waals surface area contributed by atoms with Gasteiger partial charge in [0.2, 0.25) is 11.8 Å². The Morgan fingerprint density at radius 1 is 1.16 bits per heavy atom. The highest BCUT2D eigenvalue weighted by atomic mass is 16.6. The van der Waals surface area contributed by atoms with Gasteiger partial charge in [0.15, 0.2) is 6.04 Å². The molecule has 1 saturated heterocycles. The number of benzene rings is 2. The molecule has 3 amide bonds. The molecule has 0 aromatic heterocycles. The minimum absolute atomic E-state index is 0.178. The van der Waals surface area contributed by atoms with Crippen molar-refractivity contribution in [2.45, 2.75) is 84.7 Å². The van der Waals surface area contributed by atoms with Crippen molar-refractivity contribution in [2.24, 2.45) is 5.92 Å². The van der Waals surface area contributed by atoms with Crippen molar-refractivity contribution in [3.63, 3.8) is 0 Å². The third kappa shape index (κ3) is 8.88. The van der Waals surface area contributed by atoms with Crippen molar-refractivity contribution < 1.29 is 28.6 Å². The summed E-state index contributed by atoms with van der Waals surface area (Å²) in [5, 5.41) is 3.01. The Morgan fingerprint density at radius 3 is 2.45 bits per heavy atom. The number of nitrogens with one attached hydrogen (secondary N) is 1. The first-order valence-corrected chi connectivity index (χ1v) is 15.2. The van der Waals surface area contributed by atoms with Crippen molar-refractivity contribution in [1.29, 1.82) is 0 Å². The molecule has 44 heavy (non-hydrogen) atoms. The number of carbonyl (C=O) groups is 3. The van der Waals surface area contributed by atoms with Crippen LogP contribution in [0.4, 0.5) is 4.79 Å². The maximum atomic E-state index is 14.2. The van der Waals surface area contributed by atoms with Crippen LogP contribution in [0.2, 0.25) is 0 Å². The minimum Gasteiger partial charge on any atom is -0.496 e. The number of ether oxygens (including phenoxy) is 3. The molecule has 2 aromatic rings. The zero-order valence-electron chi connectivity index (χ0n) is 27.0. The largest absolute Gasteiger partial charge is 0.496 e. The lowest BCUT2D eigenvalue weighted by Crippen LogP contribution is -2.58. The zero-order valence-corrected chi connectivity index (χ0v) is 27.0. The highest BCUT2D eigenvalue weighted by molar-refractivity contribution is 5.92. The normalized spacial score (nSPS) is 17.9. The second kappa shape index (κ2) is 15.5. The van der Waals surface area contributed by atoms with E-state index in [0.717, 1.165) is 11.1 Å². The lowest BCUT2D eigenvalue weighted by molar-refractivity contribution is -0.138. The summed E-state index contributed by atoms with van der Waals surface area (Å²) in [6.07, 6.45) is 4.94. The molecule has 9 nitrogen and oxygen atoms in total. The molecule has 0 bridgehead atoms. The lowest BCUT2D eigenvalue weighted by Gasteiger charge is -2.33. The van der Waals surface area contributed by atoms with Crippen LogP contribution in [0.1, 0.15) is 65.5 Å². The number of likely N-dealkylation sites (tertiary alicyclic amines) is 1. The zero-order chi connectivity index (χ0) is 32.4. The number of amides is 3. The van der Waals surface area contributed by atoms with Crippen molar-refractivity contribution in [3.8, 4) is 11.5 Å². The van der Waals surface area contributed by atoms with E-state index in [9.17, 15) is 14.4 Å². The van der Waals surface area contributed by atoms with E-state index in [4.69, 9.17) is 14.2 Å². The van der Waals surface area contributed by atoms with Crippen molar-refractivity contribution in [1.82, 2.24) is 15.1 Å². The van der Waals surface area contributed by atoms with Gasteiger partial charge >= 0.3 is 6.09 Å². The van der Waals surface area contributed by atoms with Crippen LogP contribution in [0.25, 0.3) is 6.08 Å². The van der Waals surface area contributed by atoms with Crippen LogP contribution in [0.5, 0.6) is 11.5 Å². The Kier molecular flexibility index (Phi) is 12.0.